The summed E-state index contributed by atoms with van der Waals surface area (Å²) in [4.78, 5) is 39.0. The fraction of sp³-hybridized carbons (Fsp3) is 0.273. The van der Waals surface area contributed by atoms with Crippen LogP contribution in [0.2, 0.25) is 0 Å². The predicted molar refractivity (Wildman–Crippen MR) is 122 cm³/mol. The van der Waals surface area contributed by atoms with Crippen molar-refractivity contribution in [3.63, 3.8) is 0 Å². The van der Waals surface area contributed by atoms with E-state index in [0.29, 0.717) is 0 Å². The second-order valence-corrected chi connectivity index (χ2v) is 9.39. The minimum atomic E-state index is -3.45. The molecule has 1 N–H and O–H groups in total. The number of methoxy groups -OCH3 is 1. The Hall–Kier alpha value is -3.57. The molecule has 0 radical (unpaired) electrons. The Morgan fingerprint density at radius 3 is 2.36 bits per heavy atom. The summed E-state index contributed by atoms with van der Waals surface area (Å²) in [6.07, 6.45) is 1.07. The normalized spacial score (nSPS) is 11.4. The van der Waals surface area contributed by atoms with Gasteiger partial charge in [0.15, 0.2) is 9.84 Å². The fourth-order valence-electron chi connectivity index (χ4n) is 3.11. The lowest BCUT2D eigenvalue weighted by molar-refractivity contribution is 0.0927. The van der Waals surface area contributed by atoms with Crippen molar-refractivity contribution in [3.8, 4) is 5.69 Å². The molecule has 0 saturated carbocycles. The van der Waals surface area contributed by atoms with Gasteiger partial charge in [-0.2, -0.15) is 9.78 Å². The van der Waals surface area contributed by atoms with Gasteiger partial charge in [0.1, 0.15) is 0 Å². The number of nitrogens with one attached hydrogen (secondary N) is 1. The zero-order chi connectivity index (χ0) is 24.2. The fourth-order valence-corrected chi connectivity index (χ4v) is 3.74. The maximum atomic E-state index is 13.2. The Labute approximate surface area is 190 Å². The number of hydrogen-bond acceptors (Lipinski definition) is 7. The van der Waals surface area contributed by atoms with Crippen LogP contribution in [0.5, 0.6) is 0 Å². The largest absolute Gasteiger partial charge is 0.383 e. The smallest absolute Gasteiger partial charge is 0.352 e. The lowest BCUT2D eigenvalue weighted by Crippen LogP contribution is -2.46. The van der Waals surface area contributed by atoms with E-state index in [1.807, 2.05) is 19.1 Å². The van der Waals surface area contributed by atoms with Gasteiger partial charge in [-0.25, -0.2) is 13.2 Å². The van der Waals surface area contributed by atoms with Gasteiger partial charge in [0.2, 0.25) is 5.69 Å². The Balaban J connectivity index is 2.17. The van der Waals surface area contributed by atoms with E-state index < -0.39 is 32.7 Å². The molecule has 0 unspecified atom stereocenters. The molecule has 33 heavy (non-hydrogen) atoms. The van der Waals surface area contributed by atoms with Crippen LogP contribution in [-0.2, 0) is 21.1 Å². The number of ether oxygens (including phenoxy) is 1. The van der Waals surface area contributed by atoms with Crippen molar-refractivity contribution >= 4 is 15.7 Å². The van der Waals surface area contributed by atoms with E-state index in [0.717, 1.165) is 26.6 Å². The maximum absolute atomic E-state index is 13.2. The second-order valence-electron chi connectivity index (χ2n) is 7.38. The van der Waals surface area contributed by atoms with Crippen LogP contribution in [0, 0.1) is 6.92 Å². The van der Waals surface area contributed by atoms with Crippen LogP contribution in [-0.4, -0.2) is 55.2 Å². The first-order valence-corrected chi connectivity index (χ1v) is 11.9. The molecule has 174 valence electrons. The first kappa shape index (κ1) is 24.1. The van der Waals surface area contributed by atoms with E-state index in [1.54, 1.807) is 12.1 Å². The zero-order valence-corrected chi connectivity index (χ0v) is 19.3. The molecule has 0 aliphatic rings. The standard InChI is InChI=1S/C22H24N4O6S/c1-15-6-4-5-7-16(15)14-25-21(28)19(20(27)23-12-13-32-2)24-26(22(25)29)17-8-10-18(11-9-17)33(3,30)31/h4-11H,12-14H2,1-3H3,(H,23,27). The van der Waals surface area contributed by atoms with Crippen molar-refractivity contribution in [2.45, 2.75) is 18.4 Å². The molecule has 0 spiro atoms. The summed E-state index contributed by atoms with van der Waals surface area (Å²) in [7, 11) is -1.97. The summed E-state index contributed by atoms with van der Waals surface area (Å²) >= 11 is 0. The van der Waals surface area contributed by atoms with Gasteiger partial charge in [-0.1, -0.05) is 24.3 Å². The van der Waals surface area contributed by atoms with Gasteiger partial charge in [-0.05, 0) is 42.3 Å². The monoisotopic (exact) mass is 472 g/mol. The molecule has 3 aromatic rings. The topological polar surface area (TPSA) is 129 Å². The Kier molecular flexibility index (Phi) is 7.24. The third-order valence-electron chi connectivity index (χ3n) is 4.97. The molecule has 0 aliphatic carbocycles. The highest BCUT2D eigenvalue weighted by molar-refractivity contribution is 7.90. The number of hydrogen-bond donors (Lipinski definition) is 1. The number of aryl methyl sites for hydroxylation is 1. The summed E-state index contributed by atoms with van der Waals surface area (Å²) in [6.45, 7) is 2.17. The number of carbonyl (C=O) groups is 1. The highest BCUT2D eigenvalue weighted by Crippen LogP contribution is 2.12. The van der Waals surface area contributed by atoms with Crippen LogP contribution in [0.25, 0.3) is 5.69 Å². The van der Waals surface area contributed by atoms with Gasteiger partial charge in [-0.3, -0.25) is 14.2 Å². The Bertz CT molecular complexity index is 1390. The van der Waals surface area contributed by atoms with Crippen molar-refractivity contribution in [3.05, 3.63) is 86.2 Å². The molecule has 2 aromatic carbocycles. The molecule has 0 fully saturated rings. The molecule has 10 nitrogen and oxygen atoms in total. The first-order valence-electron chi connectivity index (χ1n) is 10.00. The number of amides is 1. The molecule has 1 amide bonds. The maximum Gasteiger partial charge on any atom is 0.352 e. The van der Waals surface area contributed by atoms with Gasteiger partial charge in [0.25, 0.3) is 11.5 Å². The highest BCUT2D eigenvalue weighted by atomic mass is 32.2. The minimum Gasteiger partial charge on any atom is -0.383 e. The lowest BCUT2D eigenvalue weighted by Gasteiger charge is -2.13. The molecular formula is C22H24N4O6S. The summed E-state index contributed by atoms with van der Waals surface area (Å²) in [5.74, 6) is -0.753. The van der Waals surface area contributed by atoms with E-state index in [4.69, 9.17) is 4.74 Å². The van der Waals surface area contributed by atoms with Gasteiger partial charge >= 0.3 is 5.69 Å². The first-order chi connectivity index (χ1) is 15.6. The molecule has 11 heteroatoms. The number of aromatic nitrogens is 3. The number of sulfone groups is 1. The minimum absolute atomic E-state index is 0.0602. The van der Waals surface area contributed by atoms with Crippen LogP contribution in [0.1, 0.15) is 21.6 Å². The van der Waals surface area contributed by atoms with Crippen LogP contribution >= 0.6 is 0 Å². The SMILES string of the molecule is COCCNC(=O)c1nn(-c2ccc(S(C)(=O)=O)cc2)c(=O)n(Cc2ccccc2C)c1=O. The average Bonchev–Trinajstić information content (AvgIpc) is 2.77. The van der Waals surface area contributed by atoms with Crippen molar-refractivity contribution in [2.24, 2.45) is 0 Å². The number of rotatable bonds is 8. The quantitative estimate of drug-likeness (QED) is 0.474. The molecule has 1 aromatic heterocycles. The Morgan fingerprint density at radius 1 is 1.09 bits per heavy atom. The summed E-state index contributed by atoms with van der Waals surface area (Å²) in [5.41, 5.74) is -0.252. The van der Waals surface area contributed by atoms with E-state index >= 15 is 0 Å². The molecule has 0 atom stereocenters. The van der Waals surface area contributed by atoms with Gasteiger partial charge in [-0.15, -0.1) is 0 Å². The van der Waals surface area contributed by atoms with E-state index in [9.17, 15) is 22.8 Å². The van der Waals surface area contributed by atoms with Crippen LogP contribution in [0.15, 0.2) is 63.0 Å². The Morgan fingerprint density at radius 2 is 1.76 bits per heavy atom. The highest BCUT2D eigenvalue weighted by Gasteiger charge is 2.21. The molecule has 0 bridgehead atoms. The molecule has 3 rings (SSSR count). The average molecular weight is 473 g/mol. The second kappa shape index (κ2) is 9.92. The van der Waals surface area contributed by atoms with Crippen molar-refractivity contribution in [1.29, 1.82) is 0 Å². The van der Waals surface area contributed by atoms with Gasteiger partial charge < -0.3 is 10.1 Å². The zero-order valence-electron chi connectivity index (χ0n) is 18.4. The number of nitrogens with zero attached hydrogens (tertiary/aromatic N) is 3. The summed E-state index contributed by atoms with van der Waals surface area (Å²) in [5, 5.41) is 6.54. The third kappa shape index (κ3) is 5.44. The van der Waals surface area contributed by atoms with Crippen LogP contribution < -0.4 is 16.6 Å². The molecule has 0 saturated heterocycles. The summed E-state index contributed by atoms with van der Waals surface area (Å²) in [6, 6.07) is 12.7. The van der Waals surface area contributed by atoms with E-state index in [2.05, 4.69) is 10.4 Å². The van der Waals surface area contributed by atoms with Crippen LogP contribution in [0.3, 0.4) is 0 Å². The van der Waals surface area contributed by atoms with Crippen molar-refractivity contribution in [1.82, 2.24) is 19.7 Å². The number of benzene rings is 2. The van der Waals surface area contributed by atoms with Gasteiger partial charge in [0, 0.05) is 19.9 Å². The van der Waals surface area contributed by atoms with Gasteiger partial charge in [0.05, 0.1) is 23.7 Å². The van der Waals surface area contributed by atoms with E-state index in [1.165, 1.54) is 31.4 Å². The molecule has 0 aliphatic heterocycles. The third-order valence-corrected chi connectivity index (χ3v) is 6.09. The molecule has 1 heterocycles. The van der Waals surface area contributed by atoms with Crippen LogP contribution in [0.4, 0.5) is 0 Å². The van der Waals surface area contributed by atoms with E-state index in [-0.39, 0.29) is 30.3 Å². The predicted octanol–water partition coefficient (Wildman–Crippen LogP) is 0.531. The van der Waals surface area contributed by atoms with Crippen molar-refractivity contribution < 1.29 is 17.9 Å². The van der Waals surface area contributed by atoms with Crippen molar-refractivity contribution in [2.75, 3.05) is 26.5 Å². The lowest BCUT2D eigenvalue weighted by atomic mass is 10.1. The number of carbonyl (C=O) groups excluding carboxylic acids is 1. The molecular weight excluding hydrogens is 448 g/mol. The summed E-state index contributed by atoms with van der Waals surface area (Å²) < 4.78 is 30.3.